The molecule has 3 heterocycles. The number of esters is 1. The number of aliphatic imine (C=N–C) groups is 1. The van der Waals surface area contributed by atoms with E-state index in [1.807, 2.05) is 77.0 Å². The van der Waals surface area contributed by atoms with Gasteiger partial charge in [-0.1, -0.05) is 54.2 Å². The molecule has 0 saturated carbocycles. The Morgan fingerprint density at radius 1 is 1.00 bits per heavy atom. The molecule has 2 aliphatic rings. The van der Waals surface area contributed by atoms with Crippen LogP contribution in [-0.2, 0) is 20.7 Å². The van der Waals surface area contributed by atoms with Crippen molar-refractivity contribution in [2.45, 2.75) is 25.8 Å². The SMILES string of the molecule is CCOC(=O)C1=C(c2ccccc2)N=C2SC=C(CC(=O)NCCc3ccccn3)N2[C@H]1c1ccc(OC)c(OC)c1. The van der Waals surface area contributed by atoms with E-state index in [-0.39, 0.29) is 18.9 Å². The smallest absolute Gasteiger partial charge is 0.338 e. The van der Waals surface area contributed by atoms with Crippen LogP contribution in [0.5, 0.6) is 11.5 Å². The predicted octanol–water partition coefficient (Wildman–Crippen LogP) is 5.12. The standard InChI is InChI=1S/C32H32N4O5S/c1-4-41-31(38)28-29(21-10-6-5-7-11-21)35-32-36(30(28)22-13-14-25(39-2)26(18-22)40-3)24(20-42-32)19-27(37)34-17-15-23-12-8-9-16-33-23/h5-14,16,18,20,30H,4,15,17,19H2,1-3H3,(H,34,37)/t30-/m0/s1. The zero-order valence-corrected chi connectivity index (χ0v) is 24.5. The molecule has 2 aromatic carbocycles. The first-order valence-corrected chi connectivity index (χ1v) is 14.5. The molecule has 1 aromatic heterocycles. The molecule has 0 saturated heterocycles. The number of thioether (sulfide) groups is 1. The number of hydrogen-bond acceptors (Lipinski definition) is 9. The second-order valence-corrected chi connectivity index (χ2v) is 10.3. The maximum absolute atomic E-state index is 13.7. The zero-order valence-electron chi connectivity index (χ0n) is 23.7. The molecule has 3 aromatic rings. The van der Waals surface area contributed by atoms with Crippen molar-refractivity contribution >= 4 is 34.5 Å². The first kappa shape index (κ1) is 28.9. The van der Waals surface area contributed by atoms with E-state index in [2.05, 4.69) is 10.3 Å². The molecule has 2 aliphatic heterocycles. The van der Waals surface area contributed by atoms with Gasteiger partial charge >= 0.3 is 5.97 Å². The summed E-state index contributed by atoms with van der Waals surface area (Å²) in [7, 11) is 3.14. The van der Waals surface area contributed by atoms with E-state index in [0.29, 0.717) is 40.9 Å². The first-order valence-electron chi connectivity index (χ1n) is 13.6. The summed E-state index contributed by atoms with van der Waals surface area (Å²) in [5, 5.41) is 5.58. The predicted molar refractivity (Wildman–Crippen MR) is 163 cm³/mol. The van der Waals surface area contributed by atoms with Gasteiger partial charge in [-0.2, -0.15) is 0 Å². The summed E-state index contributed by atoms with van der Waals surface area (Å²) >= 11 is 1.42. The van der Waals surface area contributed by atoms with E-state index in [4.69, 9.17) is 19.2 Å². The molecule has 1 amide bonds. The summed E-state index contributed by atoms with van der Waals surface area (Å²) in [5.41, 5.74) is 4.10. The lowest BCUT2D eigenvalue weighted by molar-refractivity contribution is -0.139. The first-order chi connectivity index (χ1) is 20.5. The third-order valence-corrected chi connectivity index (χ3v) is 7.74. The zero-order chi connectivity index (χ0) is 29.5. The van der Waals surface area contributed by atoms with Gasteiger partial charge in [0, 0.05) is 36.1 Å². The monoisotopic (exact) mass is 584 g/mol. The summed E-state index contributed by atoms with van der Waals surface area (Å²) in [5.74, 6) is 0.471. The number of amidine groups is 1. The fourth-order valence-corrected chi connectivity index (χ4v) is 5.85. The lowest BCUT2D eigenvalue weighted by Crippen LogP contribution is -2.38. The number of ether oxygens (including phenoxy) is 3. The van der Waals surface area contributed by atoms with Gasteiger partial charge in [0.1, 0.15) is 0 Å². The van der Waals surface area contributed by atoms with Crippen molar-refractivity contribution in [2.75, 3.05) is 27.4 Å². The molecule has 0 aliphatic carbocycles. The normalized spacial score (nSPS) is 15.9. The Labute approximate surface area is 249 Å². The highest BCUT2D eigenvalue weighted by Crippen LogP contribution is 2.48. The highest BCUT2D eigenvalue weighted by molar-refractivity contribution is 8.16. The highest BCUT2D eigenvalue weighted by Gasteiger charge is 2.42. The maximum atomic E-state index is 13.7. The minimum Gasteiger partial charge on any atom is -0.493 e. The van der Waals surface area contributed by atoms with Crippen LogP contribution < -0.4 is 14.8 Å². The van der Waals surface area contributed by atoms with Crippen molar-refractivity contribution in [3.05, 3.63) is 106 Å². The van der Waals surface area contributed by atoms with Crippen LogP contribution in [0.15, 0.2) is 94.6 Å². The lowest BCUT2D eigenvalue weighted by Gasteiger charge is -2.37. The maximum Gasteiger partial charge on any atom is 0.338 e. The van der Waals surface area contributed by atoms with Crippen LogP contribution in [0.25, 0.3) is 5.70 Å². The number of aromatic nitrogens is 1. The number of methoxy groups -OCH3 is 2. The average molecular weight is 585 g/mol. The van der Waals surface area contributed by atoms with Crippen LogP contribution in [0.3, 0.4) is 0 Å². The number of rotatable bonds is 11. The topological polar surface area (TPSA) is 102 Å². The molecule has 1 N–H and O–H groups in total. The van der Waals surface area contributed by atoms with Crippen LogP contribution in [-0.4, -0.2) is 54.3 Å². The Kier molecular flexibility index (Phi) is 9.23. The van der Waals surface area contributed by atoms with Gasteiger partial charge in [0.05, 0.1) is 44.6 Å². The minimum atomic E-state index is -0.630. The number of benzene rings is 2. The van der Waals surface area contributed by atoms with E-state index in [0.717, 1.165) is 22.5 Å². The van der Waals surface area contributed by atoms with Crippen molar-refractivity contribution < 1.29 is 23.8 Å². The van der Waals surface area contributed by atoms with Gasteiger partial charge < -0.3 is 24.4 Å². The van der Waals surface area contributed by atoms with Gasteiger partial charge in [0.25, 0.3) is 0 Å². The van der Waals surface area contributed by atoms with Crippen LogP contribution in [0.1, 0.15) is 36.2 Å². The summed E-state index contributed by atoms with van der Waals surface area (Å²) in [4.78, 5) is 38.0. The van der Waals surface area contributed by atoms with Crippen LogP contribution >= 0.6 is 11.8 Å². The van der Waals surface area contributed by atoms with Gasteiger partial charge in [0.15, 0.2) is 16.7 Å². The fourth-order valence-electron chi connectivity index (χ4n) is 4.93. The Hall–Kier alpha value is -4.57. The number of carbonyl (C=O) groups excluding carboxylic acids is 2. The number of hydrogen-bond donors (Lipinski definition) is 1. The molecule has 9 nitrogen and oxygen atoms in total. The second kappa shape index (κ2) is 13.4. The molecule has 0 fully saturated rings. The Morgan fingerprint density at radius 3 is 2.50 bits per heavy atom. The average Bonchev–Trinajstić information content (AvgIpc) is 3.42. The molecule has 216 valence electrons. The Bertz CT molecular complexity index is 1540. The van der Waals surface area contributed by atoms with E-state index < -0.39 is 12.0 Å². The third kappa shape index (κ3) is 6.18. The van der Waals surface area contributed by atoms with Crippen molar-refractivity contribution in [3.63, 3.8) is 0 Å². The van der Waals surface area contributed by atoms with Gasteiger partial charge in [-0.25, -0.2) is 9.79 Å². The number of amides is 1. The van der Waals surface area contributed by atoms with Gasteiger partial charge in [0.2, 0.25) is 5.91 Å². The molecule has 1 atom stereocenters. The molecule has 0 spiro atoms. The minimum absolute atomic E-state index is 0.106. The second-order valence-electron chi connectivity index (χ2n) is 9.45. The van der Waals surface area contributed by atoms with Crippen LogP contribution in [0.2, 0.25) is 0 Å². The van der Waals surface area contributed by atoms with Crippen molar-refractivity contribution in [1.29, 1.82) is 0 Å². The quantitative estimate of drug-likeness (QED) is 0.310. The van der Waals surface area contributed by atoms with Gasteiger partial charge in [-0.15, -0.1) is 0 Å². The molecular formula is C32H32N4O5S. The Morgan fingerprint density at radius 2 is 1.79 bits per heavy atom. The van der Waals surface area contributed by atoms with Gasteiger partial charge in [-0.05, 0) is 42.2 Å². The number of pyridine rings is 1. The summed E-state index contributed by atoms with van der Waals surface area (Å²) in [6.07, 6.45) is 2.47. The summed E-state index contributed by atoms with van der Waals surface area (Å²) < 4.78 is 16.7. The van der Waals surface area contributed by atoms with E-state index in [9.17, 15) is 9.59 Å². The van der Waals surface area contributed by atoms with Gasteiger partial charge in [-0.3, -0.25) is 9.78 Å². The molecule has 0 bridgehead atoms. The van der Waals surface area contributed by atoms with Crippen LogP contribution in [0.4, 0.5) is 0 Å². The molecule has 0 unspecified atom stereocenters. The number of fused-ring (bicyclic) bond motifs is 1. The van der Waals surface area contributed by atoms with Crippen molar-refractivity contribution in [1.82, 2.24) is 15.2 Å². The fraction of sp³-hybridized carbons (Fsp3) is 0.250. The molecule has 42 heavy (non-hydrogen) atoms. The molecule has 0 radical (unpaired) electrons. The van der Waals surface area contributed by atoms with Crippen LogP contribution in [0, 0.1) is 0 Å². The van der Waals surface area contributed by atoms with E-state index in [1.165, 1.54) is 11.8 Å². The third-order valence-electron chi connectivity index (χ3n) is 6.85. The lowest BCUT2D eigenvalue weighted by atomic mass is 9.91. The molecule has 5 rings (SSSR count). The summed E-state index contributed by atoms with van der Waals surface area (Å²) in [6.45, 7) is 2.44. The molecule has 10 heteroatoms. The highest BCUT2D eigenvalue weighted by atomic mass is 32.2. The largest absolute Gasteiger partial charge is 0.493 e. The number of carbonyl (C=O) groups is 2. The number of nitrogens with zero attached hydrogens (tertiary/aromatic N) is 3. The van der Waals surface area contributed by atoms with Crippen molar-refractivity contribution in [3.8, 4) is 11.5 Å². The molecular weight excluding hydrogens is 552 g/mol. The van der Waals surface area contributed by atoms with E-state index in [1.54, 1.807) is 27.3 Å². The van der Waals surface area contributed by atoms with Crippen molar-refractivity contribution in [2.24, 2.45) is 4.99 Å². The summed E-state index contributed by atoms with van der Waals surface area (Å²) in [6, 6.07) is 20.2. The number of nitrogens with one attached hydrogen (secondary N) is 1. The Balaban J connectivity index is 1.52. The van der Waals surface area contributed by atoms with E-state index >= 15 is 0 Å².